The van der Waals surface area contributed by atoms with E-state index in [1.54, 1.807) is 6.20 Å². The van der Waals surface area contributed by atoms with Crippen molar-refractivity contribution in [3.05, 3.63) is 18.3 Å². The number of hydrogen-bond donors (Lipinski definition) is 2. The molecule has 0 saturated carbocycles. The van der Waals surface area contributed by atoms with Gasteiger partial charge in [0.05, 0.1) is 12.7 Å². The first kappa shape index (κ1) is 13.8. The van der Waals surface area contributed by atoms with Gasteiger partial charge in [0.2, 0.25) is 0 Å². The molecule has 0 aliphatic heterocycles. The lowest BCUT2D eigenvalue weighted by atomic mass is 10.2. The van der Waals surface area contributed by atoms with Gasteiger partial charge in [-0.2, -0.15) is 0 Å². The fourth-order valence-corrected chi connectivity index (χ4v) is 1.41. The maximum Gasteiger partial charge on any atom is 0.168 e. The molecule has 0 aromatic carbocycles. The van der Waals surface area contributed by atoms with Crippen molar-refractivity contribution in [3.63, 3.8) is 0 Å². The van der Waals surface area contributed by atoms with E-state index in [4.69, 9.17) is 4.74 Å². The summed E-state index contributed by atoms with van der Waals surface area (Å²) in [6.45, 7) is 5.44. The average Bonchev–Trinajstić information content (AvgIpc) is 2.37. The van der Waals surface area contributed by atoms with E-state index < -0.39 is 0 Å². The summed E-state index contributed by atoms with van der Waals surface area (Å²) < 4.78 is 5.58. The van der Waals surface area contributed by atoms with Crippen molar-refractivity contribution < 1.29 is 9.84 Å². The van der Waals surface area contributed by atoms with Crippen molar-refractivity contribution in [2.45, 2.75) is 39.2 Å². The fourth-order valence-electron chi connectivity index (χ4n) is 1.41. The first-order chi connectivity index (χ1) is 8.27. The van der Waals surface area contributed by atoms with Gasteiger partial charge < -0.3 is 15.2 Å². The number of aliphatic hydroxyl groups is 1. The molecule has 1 aromatic heterocycles. The molecule has 0 spiro atoms. The highest BCUT2D eigenvalue weighted by Crippen LogP contribution is 2.20. The second kappa shape index (κ2) is 7.90. The molecule has 4 heteroatoms. The van der Waals surface area contributed by atoms with Crippen molar-refractivity contribution in [2.75, 3.05) is 18.5 Å². The molecule has 1 aromatic rings. The van der Waals surface area contributed by atoms with Gasteiger partial charge in [-0.05, 0) is 31.4 Å². The fraction of sp³-hybridized carbons (Fsp3) is 0.615. The molecule has 17 heavy (non-hydrogen) atoms. The van der Waals surface area contributed by atoms with E-state index in [0.717, 1.165) is 30.8 Å². The van der Waals surface area contributed by atoms with Crippen LogP contribution in [0.5, 0.6) is 5.75 Å². The lowest BCUT2D eigenvalue weighted by molar-refractivity contribution is 0.164. The summed E-state index contributed by atoms with van der Waals surface area (Å²) in [6, 6.07) is 3.76. The second-order valence-corrected chi connectivity index (χ2v) is 3.98. The number of rotatable bonds is 8. The number of ether oxygens (including phenoxy) is 1. The third-order valence-electron chi connectivity index (χ3n) is 2.47. The molecule has 0 fully saturated rings. The van der Waals surface area contributed by atoms with Gasteiger partial charge in [-0.1, -0.05) is 13.8 Å². The Hall–Kier alpha value is -1.29. The Morgan fingerprint density at radius 3 is 3.00 bits per heavy atom. The van der Waals surface area contributed by atoms with Crippen molar-refractivity contribution in [2.24, 2.45) is 0 Å². The number of nitrogens with zero attached hydrogens (tertiary/aromatic N) is 1. The number of aliphatic hydroxyl groups excluding tert-OH is 1. The van der Waals surface area contributed by atoms with Crippen molar-refractivity contribution in [3.8, 4) is 5.75 Å². The summed E-state index contributed by atoms with van der Waals surface area (Å²) in [5, 5.41) is 12.6. The van der Waals surface area contributed by atoms with Gasteiger partial charge in [0.25, 0.3) is 0 Å². The molecule has 96 valence electrons. The molecular formula is C13H22N2O2. The smallest absolute Gasteiger partial charge is 0.168 e. The molecule has 0 aliphatic rings. The Morgan fingerprint density at radius 1 is 1.47 bits per heavy atom. The summed E-state index contributed by atoms with van der Waals surface area (Å²) >= 11 is 0. The van der Waals surface area contributed by atoms with Gasteiger partial charge in [0.15, 0.2) is 11.6 Å². The second-order valence-electron chi connectivity index (χ2n) is 3.98. The summed E-state index contributed by atoms with van der Waals surface area (Å²) in [5.74, 6) is 1.53. The van der Waals surface area contributed by atoms with Gasteiger partial charge in [-0.15, -0.1) is 0 Å². The zero-order valence-corrected chi connectivity index (χ0v) is 10.6. The zero-order chi connectivity index (χ0) is 12.5. The van der Waals surface area contributed by atoms with Crippen LogP contribution in [0.3, 0.4) is 0 Å². The molecule has 1 rings (SSSR count). The van der Waals surface area contributed by atoms with Crippen LogP contribution in [-0.2, 0) is 0 Å². The molecule has 0 radical (unpaired) electrons. The van der Waals surface area contributed by atoms with Gasteiger partial charge in [0, 0.05) is 12.7 Å². The van der Waals surface area contributed by atoms with Crippen LogP contribution in [0.4, 0.5) is 5.82 Å². The van der Waals surface area contributed by atoms with Crippen LogP contribution < -0.4 is 10.1 Å². The number of aromatic nitrogens is 1. The lowest BCUT2D eigenvalue weighted by Crippen LogP contribution is -2.13. The van der Waals surface area contributed by atoms with Gasteiger partial charge in [-0.25, -0.2) is 4.98 Å². The summed E-state index contributed by atoms with van der Waals surface area (Å²) in [7, 11) is 0. The summed E-state index contributed by atoms with van der Waals surface area (Å²) in [4.78, 5) is 4.24. The first-order valence-electron chi connectivity index (χ1n) is 6.27. The Labute approximate surface area is 103 Å². The van der Waals surface area contributed by atoms with E-state index in [2.05, 4.69) is 17.2 Å². The molecular weight excluding hydrogens is 216 g/mol. The molecule has 2 N–H and O–H groups in total. The van der Waals surface area contributed by atoms with Crippen LogP contribution in [-0.4, -0.2) is 29.3 Å². The van der Waals surface area contributed by atoms with Crippen LogP contribution in [0.2, 0.25) is 0 Å². The predicted molar refractivity (Wildman–Crippen MR) is 69.4 cm³/mol. The third-order valence-corrected chi connectivity index (χ3v) is 2.47. The van der Waals surface area contributed by atoms with E-state index in [-0.39, 0.29) is 6.10 Å². The van der Waals surface area contributed by atoms with E-state index in [9.17, 15) is 5.11 Å². The van der Waals surface area contributed by atoms with Crippen LogP contribution in [0.25, 0.3) is 0 Å². The van der Waals surface area contributed by atoms with Crippen LogP contribution >= 0.6 is 0 Å². The summed E-state index contributed by atoms with van der Waals surface area (Å²) in [5.41, 5.74) is 0. The Bertz CT molecular complexity index is 318. The molecule has 1 atom stereocenters. The first-order valence-corrected chi connectivity index (χ1v) is 6.27. The minimum atomic E-state index is -0.244. The normalized spacial score (nSPS) is 12.2. The quantitative estimate of drug-likeness (QED) is 0.730. The Kier molecular flexibility index (Phi) is 6.40. The lowest BCUT2D eigenvalue weighted by Gasteiger charge is -2.12. The van der Waals surface area contributed by atoms with Gasteiger partial charge in [-0.3, -0.25) is 0 Å². The largest absolute Gasteiger partial charge is 0.490 e. The highest BCUT2D eigenvalue weighted by molar-refractivity contribution is 5.49. The molecule has 0 amide bonds. The molecule has 0 saturated heterocycles. The third kappa shape index (κ3) is 5.04. The van der Waals surface area contributed by atoms with Gasteiger partial charge in [0.1, 0.15) is 0 Å². The van der Waals surface area contributed by atoms with Crippen LogP contribution in [0, 0.1) is 0 Å². The predicted octanol–water partition coefficient (Wildman–Crippen LogP) is 2.44. The van der Waals surface area contributed by atoms with E-state index in [1.807, 2.05) is 19.1 Å². The molecule has 1 unspecified atom stereocenters. The monoisotopic (exact) mass is 238 g/mol. The average molecular weight is 238 g/mol. The minimum absolute atomic E-state index is 0.244. The standard InChI is InChI=1S/C13H22N2O2/c1-3-10-17-12-6-5-8-14-13(12)15-9-7-11(16)4-2/h5-6,8,11,16H,3-4,7,9-10H2,1-2H3,(H,14,15). The van der Waals surface area contributed by atoms with Crippen molar-refractivity contribution in [1.29, 1.82) is 0 Å². The number of anilines is 1. The van der Waals surface area contributed by atoms with Crippen molar-refractivity contribution >= 4 is 5.82 Å². The molecule has 1 heterocycles. The molecule has 4 nitrogen and oxygen atoms in total. The SMILES string of the molecule is CCCOc1cccnc1NCCC(O)CC. The Balaban J connectivity index is 2.45. The highest BCUT2D eigenvalue weighted by atomic mass is 16.5. The van der Waals surface area contributed by atoms with E-state index in [0.29, 0.717) is 13.2 Å². The minimum Gasteiger partial charge on any atom is -0.490 e. The zero-order valence-electron chi connectivity index (χ0n) is 10.6. The van der Waals surface area contributed by atoms with Crippen LogP contribution in [0.1, 0.15) is 33.1 Å². The van der Waals surface area contributed by atoms with E-state index >= 15 is 0 Å². The Morgan fingerprint density at radius 2 is 2.29 bits per heavy atom. The van der Waals surface area contributed by atoms with Crippen LogP contribution in [0.15, 0.2) is 18.3 Å². The number of nitrogens with one attached hydrogen (secondary N) is 1. The topological polar surface area (TPSA) is 54.4 Å². The highest BCUT2D eigenvalue weighted by Gasteiger charge is 2.05. The van der Waals surface area contributed by atoms with Crippen molar-refractivity contribution in [1.82, 2.24) is 4.98 Å². The maximum absolute atomic E-state index is 9.46. The molecule has 0 bridgehead atoms. The molecule has 0 aliphatic carbocycles. The number of hydrogen-bond acceptors (Lipinski definition) is 4. The number of pyridine rings is 1. The maximum atomic E-state index is 9.46. The van der Waals surface area contributed by atoms with Gasteiger partial charge >= 0.3 is 0 Å². The van der Waals surface area contributed by atoms with E-state index in [1.165, 1.54) is 0 Å². The summed E-state index contributed by atoms with van der Waals surface area (Å²) in [6.07, 6.45) is 3.97.